The van der Waals surface area contributed by atoms with Crippen molar-refractivity contribution in [3.8, 4) is 0 Å². The predicted octanol–water partition coefficient (Wildman–Crippen LogP) is 0.728. The van der Waals surface area contributed by atoms with Crippen molar-refractivity contribution >= 4 is 22.6 Å². The lowest BCUT2D eigenvalue weighted by Gasteiger charge is -2.23. The lowest BCUT2D eigenvalue weighted by molar-refractivity contribution is -0.255. The van der Waals surface area contributed by atoms with Crippen LogP contribution >= 0.6 is 0 Å². The van der Waals surface area contributed by atoms with Crippen LogP contribution in [-0.4, -0.2) is 32.1 Å². The molecular weight excluding hydrogens is 204 g/mol. The minimum absolute atomic E-state index is 0.119. The van der Waals surface area contributed by atoms with E-state index in [0.29, 0.717) is 4.48 Å². The minimum Gasteiger partial charge on any atom is -0.543 e. The molecule has 4 heteroatoms. The number of benzene rings is 1. The summed E-state index contributed by atoms with van der Waals surface area (Å²) in [5.41, 5.74) is 2.05. The first kappa shape index (κ1) is 10.7. The van der Waals surface area contributed by atoms with Crippen molar-refractivity contribution in [1.82, 2.24) is 9.47 Å². The van der Waals surface area contributed by atoms with Crippen LogP contribution in [0.2, 0.25) is 0 Å². The van der Waals surface area contributed by atoms with Crippen LogP contribution in [0.1, 0.15) is 10.5 Å². The molecule has 0 saturated heterocycles. The number of nitrogens with one attached hydrogen (secondary N) is 1. The maximum Gasteiger partial charge on any atom is 0.134 e. The monoisotopic (exact) mass is 218 g/mol. The number of aromatic carboxylic acids is 1. The van der Waals surface area contributed by atoms with Gasteiger partial charge in [0.1, 0.15) is 5.69 Å². The number of carbonyl (C=O) groups excluding carboxylic acids is 1. The number of rotatable bonds is 2. The molecule has 1 aromatic carbocycles. The van der Waals surface area contributed by atoms with E-state index >= 15 is 0 Å². The van der Waals surface area contributed by atoms with Crippen LogP contribution in [0.5, 0.6) is 0 Å². The van der Waals surface area contributed by atoms with Crippen molar-refractivity contribution in [2.45, 2.75) is 0 Å². The first-order valence-electron chi connectivity index (χ1n) is 5.04. The Bertz CT molecular complexity index is 550. The molecule has 0 spiro atoms. The van der Waals surface area contributed by atoms with Gasteiger partial charge in [0, 0.05) is 11.5 Å². The summed E-state index contributed by atoms with van der Waals surface area (Å²) in [6.45, 7) is 0. The van der Waals surface area contributed by atoms with E-state index in [1.165, 1.54) is 0 Å². The molecule has 4 nitrogen and oxygen atoms in total. The van der Waals surface area contributed by atoms with Crippen LogP contribution in [0, 0.1) is 0 Å². The SMILES string of the molecule is C[N+](C)(C)c1ccc2cc(C(=O)[O-])[nH]c2c1. The van der Waals surface area contributed by atoms with Crippen molar-refractivity contribution in [3.05, 3.63) is 30.0 Å². The second-order valence-electron chi connectivity index (χ2n) is 4.75. The van der Waals surface area contributed by atoms with Crippen LogP contribution in [0.15, 0.2) is 24.3 Å². The highest BCUT2D eigenvalue weighted by atomic mass is 16.4. The Hall–Kier alpha value is -1.81. The summed E-state index contributed by atoms with van der Waals surface area (Å²) in [5, 5.41) is 11.6. The average molecular weight is 218 g/mol. The largest absolute Gasteiger partial charge is 0.543 e. The third-order valence-corrected chi connectivity index (χ3v) is 2.60. The molecular formula is C12H14N2O2. The van der Waals surface area contributed by atoms with E-state index < -0.39 is 5.97 Å². The van der Waals surface area contributed by atoms with Crippen LogP contribution < -0.4 is 9.59 Å². The molecule has 2 rings (SSSR count). The number of aromatic nitrogens is 1. The summed E-state index contributed by atoms with van der Waals surface area (Å²) in [4.78, 5) is 13.5. The quantitative estimate of drug-likeness (QED) is 0.755. The Morgan fingerprint density at radius 1 is 1.25 bits per heavy atom. The van der Waals surface area contributed by atoms with Crippen LogP contribution in [0.4, 0.5) is 5.69 Å². The Kier molecular flexibility index (Phi) is 2.24. The van der Waals surface area contributed by atoms with E-state index in [2.05, 4.69) is 26.1 Å². The molecule has 16 heavy (non-hydrogen) atoms. The van der Waals surface area contributed by atoms with Gasteiger partial charge in [0.25, 0.3) is 0 Å². The molecule has 1 aromatic heterocycles. The van der Waals surface area contributed by atoms with Gasteiger partial charge in [-0.25, -0.2) is 0 Å². The van der Waals surface area contributed by atoms with Crippen molar-refractivity contribution in [1.29, 1.82) is 0 Å². The van der Waals surface area contributed by atoms with Crippen molar-refractivity contribution in [2.24, 2.45) is 0 Å². The Labute approximate surface area is 93.7 Å². The van der Waals surface area contributed by atoms with Gasteiger partial charge in [-0.05, 0) is 18.2 Å². The number of hydrogen-bond donors (Lipinski definition) is 1. The van der Waals surface area contributed by atoms with Crippen LogP contribution in [-0.2, 0) is 0 Å². The van der Waals surface area contributed by atoms with Gasteiger partial charge in [-0.15, -0.1) is 0 Å². The van der Waals surface area contributed by atoms with Gasteiger partial charge in [0.2, 0.25) is 0 Å². The molecule has 1 heterocycles. The second-order valence-corrected chi connectivity index (χ2v) is 4.75. The first-order valence-corrected chi connectivity index (χ1v) is 5.04. The number of carboxylic acid groups (broad SMARTS) is 1. The van der Waals surface area contributed by atoms with Crippen molar-refractivity contribution < 1.29 is 9.90 Å². The molecule has 84 valence electrons. The highest BCUT2D eigenvalue weighted by molar-refractivity contribution is 5.93. The van der Waals surface area contributed by atoms with Gasteiger partial charge in [-0.2, -0.15) is 0 Å². The summed E-state index contributed by atoms with van der Waals surface area (Å²) < 4.78 is 0.690. The summed E-state index contributed by atoms with van der Waals surface area (Å²) >= 11 is 0. The van der Waals surface area contributed by atoms with E-state index in [9.17, 15) is 9.90 Å². The number of carbonyl (C=O) groups is 1. The standard InChI is InChI=1S/C12H14N2O2/c1-14(2,3)9-5-4-8-6-11(12(15)16)13-10(8)7-9/h4-7,13H,1-3H3. The van der Waals surface area contributed by atoms with Crippen molar-refractivity contribution in [3.63, 3.8) is 0 Å². The third-order valence-electron chi connectivity index (χ3n) is 2.60. The fourth-order valence-corrected chi connectivity index (χ4v) is 1.64. The molecule has 0 radical (unpaired) electrons. The third kappa shape index (κ3) is 1.79. The van der Waals surface area contributed by atoms with Gasteiger partial charge in [0.15, 0.2) is 0 Å². The molecule has 1 N–H and O–H groups in total. The molecule has 0 aliphatic carbocycles. The number of hydrogen-bond acceptors (Lipinski definition) is 2. The Morgan fingerprint density at radius 2 is 1.94 bits per heavy atom. The zero-order valence-electron chi connectivity index (χ0n) is 9.57. The van der Waals surface area contributed by atoms with Crippen LogP contribution in [0.3, 0.4) is 0 Å². The zero-order valence-corrected chi connectivity index (χ0v) is 9.57. The topological polar surface area (TPSA) is 55.9 Å². The molecule has 0 bridgehead atoms. The predicted molar refractivity (Wildman–Crippen MR) is 62.2 cm³/mol. The van der Waals surface area contributed by atoms with E-state index in [1.54, 1.807) is 6.07 Å². The van der Waals surface area contributed by atoms with Gasteiger partial charge in [-0.1, -0.05) is 0 Å². The molecule has 0 fully saturated rings. The number of H-pyrrole nitrogens is 1. The molecule has 0 aliphatic heterocycles. The fourth-order valence-electron chi connectivity index (χ4n) is 1.64. The smallest absolute Gasteiger partial charge is 0.134 e. The number of aromatic amines is 1. The number of quaternary nitrogens is 1. The van der Waals surface area contributed by atoms with E-state index in [1.807, 2.05) is 18.2 Å². The average Bonchev–Trinajstić information content (AvgIpc) is 2.58. The summed E-state index contributed by atoms with van der Waals surface area (Å²) in [6, 6.07) is 7.46. The lowest BCUT2D eigenvalue weighted by Crippen LogP contribution is -2.34. The molecule has 0 atom stereocenters. The second kappa shape index (κ2) is 3.35. The molecule has 0 amide bonds. The fraction of sp³-hybridized carbons (Fsp3) is 0.250. The van der Waals surface area contributed by atoms with Gasteiger partial charge >= 0.3 is 0 Å². The number of carboxylic acids is 1. The highest BCUT2D eigenvalue weighted by Gasteiger charge is 2.13. The zero-order chi connectivity index (χ0) is 11.9. The van der Waals surface area contributed by atoms with E-state index in [4.69, 9.17) is 0 Å². The van der Waals surface area contributed by atoms with Crippen molar-refractivity contribution in [2.75, 3.05) is 21.1 Å². The number of nitrogens with zero attached hydrogens (tertiary/aromatic N) is 1. The van der Waals surface area contributed by atoms with Gasteiger partial charge in [0.05, 0.1) is 38.3 Å². The van der Waals surface area contributed by atoms with Crippen LogP contribution in [0.25, 0.3) is 10.9 Å². The van der Waals surface area contributed by atoms with E-state index in [0.717, 1.165) is 16.6 Å². The molecule has 0 saturated carbocycles. The van der Waals surface area contributed by atoms with Gasteiger partial charge < -0.3 is 14.9 Å². The molecule has 2 aromatic rings. The summed E-state index contributed by atoms with van der Waals surface area (Å²) in [5.74, 6) is -1.18. The van der Waals surface area contributed by atoms with Gasteiger partial charge in [-0.3, -0.25) is 4.48 Å². The summed E-state index contributed by atoms with van der Waals surface area (Å²) in [7, 11) is 6.18. The van der Waals surface area contributed by atoms with E-state index in [-0.39, 0.29) is 5.69 Å². The Morgan fingerprint density at radius 3 is 2.50 bits per heavy atom. The maximum absolute atomic E-state index is 10.7. The Balaban J connectivity index is 2.58. The summed E-state index contributed by atoms with van der Waals surface area (Å²) in [6.07, 6.45) is 0. The molecule has 0 unspecified atom stereocenters. The normalized spacial score (nSPS) is 11.9. The molecule has 0 aliphatic rings. The number of fused-ring (bicyclic) bond motifs is 1. The minimum atomic E-state index is -1.18. The first-order chi connectivity index (χ1) is 7.38. The highest BCUT2D eigenvalue weighted by Crippen LogP contribution is 2.23. The maximum atomic E-state index is 10.7. The lowest BCUT2D eigenvalue weighted by atomic mass is 10.2.